The minimum atomic E-state index is -0.780. The van der Waals surface area contributed by atoms with Gasteiger partial charge in [0, 0.05) is 24.9 Å². The second-order valence-electron chi connectivity index (χ2n) is 6.38. The van der Waals surface area contributed by atoms with Crippen LogP contribution in [0.5, 0.6) is 0 Å². The molecule has 148 valence electrons. The molecule has 7 heteroatoms. The Morgan fingerprint density at radius 1 is 0.931 bits per heavy atom. The number of nitrogens with one attached hydrogen (secondary N) is 1. The minimum absolute atomic E-state index is 0.0357. The molecular weight excluding hydrogens is 368 g/mol. The van der Waals surface area contributed by atoms with Crippen molar-refractivity contribution < 1.29 is 14.3 Å². The maximum atomic E-state index is 12.1. The molecule has 2 aromatic carbocycles. The average Bonchev–Trinajstić information content (AvgIpc) is 2.76. The first-order chi connectivity index (χ1) is 14.1. The van der Waals surface area contributed by atoms with E-state index in [1.54, 1.807) is 0 Å². The van der Waals surface area contributed by atoms with Crippen LogP contribution in [0.4, 0.5) is 5.82 Å². The third kappa shape index (κ3) is 5.62. The molecule has 0 unspecified atom stereocenters. The quantitative estimate of drug-likeness (QED) is 0.573. The Hall–Kier alpha value is -3.74. The number of carbonyl (C=O) groups excluding carboxylic acids is 2. The van der Waals surface area contributed by atoms with E-state index in [0.29, 0.717) is 13.0 Å². The first-order valence-corrected chi connectivity index (χ1v) is 9.25. The van der Waals surface area contributed by atoms with Gasteiger partial charge < -0.3 is 15.8 Å². The lowest BCUT2D eigenvalue weighted by molar-refractivity contribution is -0.124. The number of esters is 1. The van der Waals surface area contributed by atoms with Crippen molar-refractivity contribution in [2.24, 2.45) is 0 Å². The highest BCUT2D eigenvalue weighted by Crippen LogP contribution is 2.27. The van der Waals surface area contributed by atoms with Crippen molar-refractivity contribution in [3.8, 4) is 0 Å². The minimum Gasteiger partial charge on any atom is -0.451 e. The molecule has 1 heterocycles. The molecule has 0 fully saturated rings. The molecule has 3 N–H and O–H groups in total. The lowest BCUT2D eigenvalue weighted by Gasteiger charge is -2.18. The second kappa shape index (κ2) is 9.98. The lowest BCUT2D eigenvalue weighted by atomic mass is 9.88. The Labute approximate surface area is 169 Å². The molecule has 29 heavy (non-hydrogen) atoms. The molecule has 0 bridgehead atoms. The van der Waals surface area contributed by atoms with E-state index in [-0.39, 0.29) is 23.3 Å². The number of amides is 1. The van der Waals surface area contributed by atoms with Crippen LogP contribution in [-0.2, 0) is 9.53 Å². The first kappa shape index (κ1) is 20.0. The van der Waals surface area contributed by atoms with Crippen molar-refractivity contribution in [1.29, 1.82) is 0 Å². The molecule has 0 aliphatic heterocycles. The van der Waals surface area contributed by atoms with E-state index in [2.05, 4.69) is 39.6 Å². The largest absolute Gasteiger partial charge is 0.451 e. The summed E-state index contributed by atoms with van der Waals surface area (Å²) in [6, 6.07) is 20.3. The van der Waals surface area contributed by atoms with E-state index in [1.165, 1.54) is 23.5 Å². The molecule has 0 radical (unpaired) electrons. The number of nitrogen functional groups attached to an aromatic ring is 1. The van der Waals surface area contributed by atoms with Crippen LogP contribution in [0.3, 0.4) is 0 Å². The van der Waals surface area contributed by atoms with Gasteiger partial charge in [0.15, 0.2) is 18.1 Å². The summed E-state index contributed by atoms with van der Waals surface area (Å²) in [6.07, 6.45) is 3.42. The van der Waals surface area contributed by atoms with Crippen LogP contribution in [0.15, 0.2) is 73.1 Å². The van der Waals surface area contributed by atoms with Crippen molar-refractivity contribution in [3.05, 3.63) is 89.9 Å². The molecule has 3 rings (SSSR count). The van der Waals surface area contributed by atoms with Crippen molar-refractivity contribution in [2.75, 3.05) is 18.9 Å². The number of rotatable bonds is 8. The second-order valence-corrected chi connectivity index (χ2v) is 6.38. The number of hydrogen-bond acceptors (Lipinski definition) is 6. The van der Waals surface area contributed by atoms with Crippen molar-refractivity contribution in [3.63, 3.8) is 0 Å². The van der Waals surface area contributed by atoms with E-state index in [9.17, 15) is 9.59 Å². The molecular formula is C22H22N4O3. The van der Waals surface area contributed by atoms with Crippen molar-refractivity contribution in [2.45, 2.75) is 12.3 Å². The highest BCUT2D eigenvalue weighted by Gasteiger charge is 2.17. The maximum absolute atomic E-state index is 12.1. The van der Waals surface area contributed by atoms with Gasteiger partial charge in [-0.05, 0) is 17.5 Å². The van der Waals surface area contributed by atoms with Gasteiger partial charge >= 0.3 is 5.97 Å². The summed E-state index contributed by atoms with van der Waals surface area (Å²) in [7, 11) is 0. The van der Waals surface area contributed by atoms with Crippen LogP contribution in [0.1, 0.15) is 34.0 Å². The highest BCUT2D eigenvalue weighted by molar-refractivity contribution is 5.93. The van der Waals surface area contributed by atoms with Crippen LogP contribution in [0.25, 0.3) is 0 Å². The zero-order chi connectivity index (χ0) is 20.5. The summed E-state index contributed by atoms with van der Waals surface area (Å²) in [5.41, 5.74) is 7.83. The van der Waals surface area contributed by atoms with Gasteiger partial charge in [-0.2, -0.15) is 0 Å². The number of nitrogens with two attached hydrogens (primary N) is 1. The molecule has 0 saturated carbocycles. The SMILES string of the molecule is Nc1nccnc1C(=O)OCC(=O)NCCC(c1ccccc1)c1ccccc1. The number of benzene rings is 2. The summed E-state index contributed by atoms with van der Waals surface area (Å²) < 4.78 is 4.96. The zero-order valence-corrected chi connectivity index (χ0v) is 15.8. The molecule has 1 aromatic heterocycles. The van der Waals surface area contributed by atoms with Gasteiger partial charge in [0.25, 0.3) is 5.91 Å². The number of carbonyl (C=O) groups is 2. The third-order valence-corrected chi connectivity index (χ3v) is 4.41. The van der Waals surface area contributed by atoms with Gasteiger partial charge in [0.05, 0.1) is 0 Å². The summed E-state index contributed by atoms with van der Waals surface area (Å²) in [4.78, 5) is 31.6. The van der Waals surface area contributed by atoms with Crippen LogP contribution < -0.4 is 11.1 Å². The fourth-order valence-electron chi connectivity index (χ4n) is 3.01. The zero-order valence-electron chi connectivity index (χ0n) is 15.8. The monoisotopic (exact) mass is 390 g/mol. The Morgan fingerprint density at radius 3 is 2.10 bits per heavy atom. The normalized spacial score (nSPS) is 10.5. The van der Waals surface area contributed by atoms with Gasteiger partial charge in [0.2, 0.25) is 0 Å². The number of nitrogens with zero attached hydrogens (tertiary/aromatic N) is 2. The third-order valence-electron chi connectivity index (χ3n) is 4.41. The van der Waals surface area contributed by atoms with Gasteiger partial charge in [-0.3, -0.25) is 4.79 Å². The van der Waals surface area contributed by atoms with Crippen LogP contribution >= 0.6 is 0 Å². The van der Waals surface area contributed by atoms with Crippen molar-refractivity contribution in [1.82, 2.24) is 15.3 Å². The molecule has 3 aromatic rings. The van der Waals surface area contributed by atoms with E-state index in [0.717, 1.165) is 0 Å². The average molecular weight is 390 g/mol. The van der Waals surface area contributed by atoms with Gasteiger partial charge in [-0.1, -0.05) is 60.7 Å². The predicted octanol–water partition coefficient (Wildman–Crippen LogP) is 2.55. The first-order valence-electron chi connectivity index (χ1n) is 9.25. The summed E-state index contributed by atoms with van der Waals surface area (Å²) in [5, 5.41) is 2.79. The van der Waals surface area contributed by atoms with Crippen molar-refractivity contribution >= 4 is 17.7 Å². The standard InChI is InChI=1S/C22H22N4O3/c23-21-20(25-13-14-26-21)22(28)29-15-19(27)24-12-11-18(16-7-3-1-4-8-16)17-9-5-2-6-10-17/h1-10,13-14,18H,11-12,15H2,(H2,23,26)(H,24,27). The number of hydrogen-bond donors (Lipinski definition) is 2. The molecule has 0 aliphatic carbocycles. The van der Waals surface area contributed by atoms with Crippen LogP contribution in [-0.4, -0.2) is 35.0 Å². The Bertz CT molecular complexity index is 909. The Balaban J connectivity index is 1.52. The smallest absolute Gasteiger partial charge is 0.361 e. The fourth-order valence-corrected chi connectivity index (χ4v) is 3.01. The van der Waals surface area contributed by atoms with E-state index in [4.69, 9.17) is 10.5 Å². The van der Waals surface area contributed by atoms with E-state index < -0.39 is 12.6 Å². The fraction of sp³-hybridized carbons (Fsp3) is 0.182. The van der Waals surface area contributed by atoms with E-state index in [1.807, 2.05) is 36.4 Å². The molecule has 1 amide bonds. The van der Waals surface area contributed by atoms with Gasteiger partial charge in [-0.15, -0.1) is 0 Å². The molecule has 0 aliphatic rings. The summed E-state index contributed by atoms with van der Waals surface area (Å²) >= 11 is 0. The van der Waals surface area contributed by atoms with Gasteiger partial charge in [-0.25, -0.2) is 14.8 Å². The Morgan fingerprint density at radius 2 is 1.52 bits per heavy atom. The predicted molar refractivity (Wildman–Crippen MR) is 109 cm³/mol. The lowest BCUT2D eigenvalue weighted by Crippen LogP contribution is -2.30. The topological polar surface area (TPSA) is 107 Å². The summed E-state index contributed by atoms with van der Waals surface area (Å²) in [5.74, 6) is -1.05. The number of anilines is 1. The molecule has 7 nitrogen and oxygen atoms in total. The Kier molecular flexibility index (Phi) is 6.89. The van der Waals surface area contributed by atoms with Gasteiger partial charge in [0.1, 0.15) is 0 Å². The maximum Gasteiger partial charge on any atom is 0.361 e. The van der Waals surface area contributed by atoms with Crippen LogP contribution in [0, 0.1) is 0 Å². The molecule has 0 atom stereocenters. The number of ether oxygens (including phenoxy) is 1. The number of aromatic nitrogens is 2. The highest BCUT2D eigenvalue weighted by atomic mass is 16.5. The van der Waals surface area contributed by atoms with Crippen LogP contribution in [0.2, 0.25) is 0 Å². The molecule has 0 spiro atoms. The summed E-state index contributed by atoms with van der Waals surface area (Å²) in [6.45, 7) is 0.0360. The molecule has 0 saturated heterocycles. The van der Waals surface area contributed by atoms with E-state index >= 15 is 0 Å².